The first-order valence-electron chi connectivity index (χ1n) is 3.01. The molecule has 0 N–H and O–H groups in total. The molecule has 2 rings (SSSR count). The van der Waals surface area contributed by atoms with Crippen molar-refractivity contribution in [3.63, 3.8) is 0 Å². The molecule has 0 saturated carbocycles. The fourth-order valence-corrected chi connectivity index (χ4v) is 4.04. The summed E-state index contributed by atoms with van der Waals surface area (Å²) in [6.07, 6.45) is 6.65. The molecule has 44 valence electrons. The average Bonchev–Trinajstić information content (AvgIpc) is 2.35. The molecular weight excluding hydrogens is 218 g/mol. The van der Waals surface area contributed by atoms with E-state index in [0.717, 1.165) is 0 Å². The molecule has 0 nitrogen and oxygen atoms in total. The monoisotopic (exact) mass is 224 g/mol. The van der Waals surface area contributed by atoms with Crippen molar-refractivity contribution in [2.24, 2.45) is 0 Å². The molecular formula is C8H7Sb. The van der Waals surface area contributed by atoms with Crippen LogP contribution in [-0.2, 0) is 0 Å². The van der Waals surface area contributed by atoms with Crippen molar-refractivity contribution >= 4 is 24.6 Å². The number of allylic oxidation sites excluding steroid dienone is 5. The molecule has 2 aliphatic rings. The maximum atomic E-state index is 2.43. The van der Waals surface area contributed by atoms with E-state index in [9.17, 15) is 0 Å². The second-order valence-electron chi connectivity index (χ2n) is 2.27. The van der Waals surface area contributed by atoms with Gasteiger partial charge in [-0.05, 0) is 0 Å². The van der Waals surface area contributed by atoms with Crippen molar-refractivity contribution < 1.29 is 0 Å². The molecule has 0 atom stereocenters. The Morgan fingerprint density at radius 2 is 2.33 bits per heavy atom. The minimum atomic E-state index is -0.0655. The Morgan fingerprint density at radius 1 is 1.44 bits per heavy atom. The van der Waals surface area contributed by atoms with E-state index in [2.05, 4.69) is 29.2 Å². The Kier molecular flexibility index (Phi) is 1.23. The van der Waals surface area contributed by atoms with Crippen molar-refractivity contribution in [2.75, 3.05) is 0 Å². The van der Waals surface area contributed by atoms with Crippen LogP contribution in [0.2, 0.25) is 0 Å². The predicted octanol–water partition coefficient (Wildman–Crippen LogP) is 1.28. The van der Waals surface area contributed by atoms with Gasteiger partial charge in [-0.15, -0.1) is 0 Å². The SMILES string of the molecule is CC1=[CH][Sb]=[C]2C=CC=C12. The van der Waals surface area contributed by atoms with Crippen LogP contribution in [0.5, 0.6) is 0 Å². The van der Waals surface area contributed by atoms with Gasteiger partial charge in [0, 0.05) is 0 Å². The fraction of sp³-hybridized carbons (Fsp3) is 0.125. The second kappa shape index (κ2) is 1.95. The Morgan fingerprint density at radius 3 is 3.11 bits per heavy atom. The molecule has 1 heteroatoms. The van der Waals surface area contributed by atoms with Gasteiger partial charge in [-0.1, -0.05) is 0 Å². The first-order chi connectivity index (χ1) is 4.38. The molecule has 0 fully saturated rings. The third-order valence-electron chi connectivity index (χ3n) is 1.62. The Hall–Kier alpha value is -0.0918. The predicted molar refractivity (Wildman–Crippen MR) is 41.7 cm³/mol. The summed E-state index contributed by atoms with van der Waals surface area (Å²) in [6.45, 7) is 2.21. The van der Waals surface area contributed by atoms with Crippen LogP contribution in [0.3, 0.4) is 0 Å². The zero-order valence-corrected chi connectivity index (χ0v) is 7.81. The summed E-state index contributed by atoms with van der Waals surface area (Å²) >= 11 is -0.0655. The Bertz CT molecular complexity index is 264. The summed E-state index contributed by atoms with van der Waals surface area (Å²) in [4.78, 5) is 0. The van der Waals surface area contributed by atoms with Gasteiger partial charge in [0.15, 0.2) is 0 Å². The van der Waals surface area contributed by atoms with Crippen molar-refractivity contribution in [3.8, 4) is 0 Å². The molecule has 0 bridgehead atoms. The molecule has 0 unspecified atom stereocenters. The van der Waals surface area contributed by atoms with Gasteiger partial charge >= 0.3 is 64.9 Å². The van der Waals surface area contributed by atoms with Gasteiger partial charge in [0.2, 0.25) is 0 Å². The standard InChI is InChI=1S/C8H7.Sb/c1-7(2)8-5-3-4-6-8;/h1,3-5H,2H3;. The number of hydrogen-bond acceptors (Lipinski definition) is 0. The number of rotatable bonds is 0. The van der Waals surface area contributed by atoms with Crippen LogP contribution in [0.4, 0.5) is 0 Å². The second-order valence-corrected chi connectivity index (χ2v) is 5.11. The van der Waals surface area contributed by atoms with E-state index in [1.54, 1.807) is 3.45 Å². The molecule has 0 radical (unpaired) electrons. The van der Waals surface area contributed by atoms with Crippen LogP contribution < -0.4 is 0 Å². The molecule has 1 aliphatic heterocycles. The first-order valence-corrected chi connectivity index (χ1v) is 5.76. The third-order valence-corrected chi connectivity index (χ3v) is 5.00. The zero-order valence-electron chi connectivity index (χ0n) is 5.26. The van der Waals surface area contributed by atoms with Crippen LogP contribution in [-0.4, -0.2) is 24.6 Å². The van der Waals surface area contributed by atoms with Crippen LogP contribution >= 0.6 is 0 Å². The quantitative estimate of drug-likeness (QED) is 0.544. The van der Waals surface area contributed by atoms with Crippen molar-refractivity contribution in [2.45, 2.75) is 6.92 Å². The summed E-state index contributed by atoms with van der Waals surface area (Å²) < 4.78 is 4.08. The first kappa shape index (κ1) is 5.67. The number of hydrogen-bond donors (Lipinski definition) is 0. The topological polar surface area (TPSA) is 0 Å². The van der Waals surface area contributed by atoms with Crippen LogP contribution in [0, 0.1) is 0 Å². The molecule has 9 heavy (non-hydrogen) atoms. The molecule has 0 saturated heterocycles. The van der Waals surface area contributed by atoms with E-state index in [1.165, 1.54) is 11.1 Å². The molecule has 1 aliphatic carbocycles. The minimum absolute atomic E-state index is 0.0655. The maximum absolute atomic E-state index is 2.43. The van der Waals surface area contributed by atoms with E-state index in [1.807, 2.05) is 0 Å². The van der Waals surface area contributed by atoms with Crippen LogP contribution in [0.25, 0.3) is 0 Å². The van der Waals surface area contributed by atoms with Gasteiger partial charge in [-0.3, -0.25) is 0 Å². The summed E-state index contributed by atoms with van der Waals surface area (Å²) in [6, 6.07) is 0. The van der Waals surface area contributed by atoms with E-state index in [-0.39, 0.29) is 21.1 Å². The van der Waals surface area contributed by atoms with Gasteiger partial charge in [0.25, 0.3) is 0 Å². The summed E-state index contributed by atoms with van der Waals surface area (Å²) in [5.41, 5.74) is 3.03. The average molecular weight is 225 g/mol. The molecule has 0 aromatic heterocycles. The molecule has 0 aromatic carbocycles. The van der Waals surface area contributed by atoms with Gasteiger partial charge in [0.1, 0.15) is 0 Å². The van der Waals surface area contributed by atoms with Gasteiger partial charge in [-0.25, -0.2) is 0 Å². The van der Waals surface area contributed by atoms with Gasteiger partial charge in [0.05, 0.1) is 0 Å². The molecule has 0 spiro atoms. The number of fused-ring (bicyclic) bond motifs is 1. The summed E-state index contributed by atoms with van der Waals surface area (Å²) in [7, 11) is 0. The van der Waals surface area contributed by atoms with Crippen molar-refractivity contribution in [3.05, 3.63) is 33.4 Å². The van der Waals surface area contributed by atoms with Crippen LogP contribution in [0.1, 0.15) is 6.92 Å². The molecule has 1 heterocycles. The van der Waals surface area contributed by atoms with E-state index in [4.69, 9.17) is 0 Å². The zero-order chi connectivity index (χ0) is 6.27. The summed E-state index contributed by atoms with van der Waals surface area (Å²) in [5.74, 6) is 0. The van der Waals surface area contributed by atoms with Crippen molar-refractivity contribution in [1.29, 1.82) is 0 Å². The van der Waals surface area contributed by atoms with E-state index < -0.39 is 0 Å². The van der Waals surface area contributed by atoms with E-state index in [0.29, 0.717) is 0 Å². The molecule has 0 aromatic rings. The molecule has 0 amide bonds. The normalized spacial score (nSPS) is 21.2. The Balaban J connectivity index is 2.53. The van der Waals surface area contributed by atoms with Gasteiger partial charge < -0.3 is 0 Å². The fourth-order valence-electron chi connectivity index (χ4n) is 1.09. The van der Waals surface area contributed by atoms with E-state index >= 15 is 0 Å². The Labute approximate surface area is 65.0 Å². The van der Waals surface area contributed by atoms with Crippen molar-refractivity contribution in [1.82, 2.24) is 0 Å². The third kappa shape index (κ3) is 0.772. The van der Waals surface area contributed by atoms with Gasteiger partial charge in [-0.2, -0.15) is 0 Å². The summed E-state index contributed by atoms with van der Waals surface area (Å²) in [5, 5.41) is 0. The van der Waals surface area contributed by atoms with Crippen LogP contribution in [0.15, 0.2) is 33.4 Å².